The highest BCUT2D eigenvalue weighted by molar-refractivity contribution is 7.98. The third kappa shape index (κ3) is 5.02. The molecule has 0 spiro atoms. The quantitative estimate of drug-likeness (QED) is 0.698. The molecule has 19 heavy (non-hydrogen) atoms. The van der Waals surface area contributed by atoms with Gasteiger partial charge in [0, 0.05) is 11.1 Å². The number of unbranched alkanes of at least 4 members (excludes halogenated alkanes) is 2. The lowest BCUT2D eigenvalue weighted by Crippen LogP contribution is -2.40. The minimum atomic E-state index is 0.737. The third-order valence-corrected chi connectivity index (χ3v) is 4.89. The van der Waals surface area contributed by atoms with Crippen LogP contribution in [0.2, 0.25) is 5.02 Å². The van der Waals surface area contributed by atoms with Crippen molar-refractivity contribution in [2.24, 2.45) is 0 Å². The summed E-state index contributed by atoms with van der Waals surface area (Å²) in [5.74, 6) is 2.05. The van der Waals surface area contributed by atoms with Gasteiger partial charge in [0.25, 0.3) is 0 Å². The van der Waals surface area contributed by atoms with E-state index in [1.54, 1.807) is 0 Å². The fourth-order valence-electron chi connectivity index (χ4n) is 2.65. The van der Waals surface area contributed by atoms with E-state index >= 15 is 0 Å². The van der Waals surface area contributed by atoms with Crippen molar-refractivity contribution in [3.05, 3.63) is 34.9 Å². The fourth-order valence-corrected chi connectivity index (χ4v) is 3.26. The Morgan fingerprint density at radius 3 is 2.58 bits per heavy atom. The van der Waals surface area contributed by atoms with E-state index < -0.39 is 0 Å². The molecule has 0 amide bonds. The molecule has 0 aliphatic heterocycles. The summed E-state index contributed by atoms with van der Waals surface area (Å²) in [6.07, 6.45) is 8.80. The minimum Gasteiger partial charge on any atom is -0.314 e. The van der Waals surface area contributed by atoms with Crippen molar-refractivity contribution < 1.29 is 0 Å². The normalized spacial score (nSPS) is 22.2. The monoisotopic (exact) mass is 297 g/mol. The molecule has 1 aliphatic rings. The number of benzene rings is 1. The summed E-state index contributed by atoms with van der Waals surface area (Å²) < 4.78 is 0. The van der Waals surface area contributed by atoms with E-state index in [4.69, 9.17) is 11.6 Å². The Balaban J connectivity index is 1.55. The second-order valence-corrected chi connectivity index (χ2v) is 6.85. The molecule has 0 saturated heterocycles. The second-order valence-electron chi connectivity index (χ2n) is 5.42. The van der Waals surface area contributed by atoms with Gasteiger partial charge in [-0.05, 0) is 67.9 Å². The highest BCUT2D eigenvalue weighted by Gasteiger charge is 2.29. The SMILES string of the molecule is CSCCCCCNC1CC(c2ccc(Cl)cc2)C1. The topological polar surface area (TPSA) is 12.0 Å². The average Bonchev–Trinajstić information content (AvgIpc) is 2.37. The number of hydrogen-bond donors (Lipinski definition) is 1. The van der Waals surface area contributed by atoms with E-state index in [0.717, 1.165) is 17.0 Å². The standard InChI is InChI=1S/C16H24ClNS/c1-19-10-4-2-3-9-18-16-11-14(12-16)13-5-7-15(17)8-6-13/h5-8,14,16,18H,2-4,9-12H2,1H3. The zero-order valence-electron chi connectivity index (χ0n) is 11.7. The van der Waals surface area contributed by atoms with E-state index in [1.165, 1.54) is 50.0 Å². The van der Waals surface area contributed by atoms with Gasteiger partial charge in [-0.1, -0.05) is 30.2 Å². The number of nitrogens with one attached hydrogen (secondary N) is 1. The lowest BCUT2D eigenvalue weighted by atomic mass is 9.76. The number of hydrogen-bond acceptors (Lipinski definition) is 2. The summed E-state index contributed by atoms with van der Waals surface area (Å²) in [7, 11) is 0. The maximum Gasteiger partial charge on any atom is 0.0406 e. The Kier molecular flexibility index (Phi) is 6.55. The molecule has 1 aromatic carbocycles. The molecule has 1 saturated carbocycles. The molecular formula is C16H24ClNS. The zero-order chi connectivity index (χ0) is 13.5. The van der Waals surface area contributed by atoms with Crippen LogP contribution in [0.5, 0.6) is 0 Å². The molecule has 1 aromatic rings. The first kappa shape index (κ1) is 15.2. The Hall–Kier alpha value is -0.180. The number of halogens is 1. The minimum absolute atomic E-state index is 0.737. The summed E-state index contributed by atoms with van der Waals surface area (Å²) in [6.45, 7) is 1.19. The molecule has 1 nitrogen and oxygen atoms in total. The van der Waals surface area contributed by atoms with Gasteiger partial charge in [-0.2, -0.15) is 11.8 Å². The molecular weight excluding hydrogens is 274 g/mol. The molecule has 0 bridgehead atoms. The Bertz CT molecular complexity index is 360. The van der Waals surface area contributed by atoms with E-state index in [0.29, 0.717) is 0 Å². The van der Waals surface area contributed by atoms with Gasteiger partial charge in [-0.3, -0.25) is 0 Å². The molecule has 0 unspecified atom stereocenters. The van der Waals surface area contributed by atoms with Crippen LogP contribution in [-0.4, -0.2) is 24.6 Å². The summed E-state index contributed by atoms with van der Waals surface area (Å²) in [5.41, 5.74) is 1.45. The van der Waals surface area contributed by atoms with Crippen molar-refractivity contribution in [2.75, 3.05) is 18.6 Å². The first-order valence-corrected chi connectivity index (χ1v) is 9.04. The lowest BCUT2D eigenvalue weighted by molar-refractivity contribution is 0.290. The Morgan fingerprint density at radius 1 is 1.16 bits per heavy atom. The van der Waals surface area contributed by atoms with Crippen LogP contribution < -0.4 is 5.32 Å². The van der Waals surface area contributed by atoms with Crippen molar-refractivity contribution in [3.63, 3.8) is 0 Å². The molecule has 0 heterocycles. The number of thioether (sulfide) groups is 1. The first-order valence-electron chi connectivity index (χ1n) is 7.27. The van der Waals surface area contributed by atoms with E-state index in [1.807, 2.05) is 23.9 Å². The summed E-state index contributed by atoms with van der Waals surface area (Å²) >= 11 is 7.86. The zero-order valence-corrected chi connectivity index (χ0v) is 13.3. The second kappa shape index (κ2) is 8.18. The highest BCUT2D eigenvalue weighted by Crippen LogP contribution is 2.37. The van der Waals surface area contributed by atoms with Gasteiger partial charge in [0.05, 0.1) is 0 Å². The molecule has 0 aromatic heterocycles. The Morgan fingerprint density at radius 2 is 1.89 bits per heavy atom. The smallest absolute Gasteiger partial charge is 0.0406 e. The van der Waals surface area contributed by atoms with Crippen LogP contribution in [0.4, 0.5) is 0 Å². The van der Waals surface area contributed by atoms with Crippen LogP contribution >= 0.6 is 23.4 Å². The van der Waals surface area contributed by atoms with Gasteiger partial charge in [-0.25, -0.2) is 0 Å². The summed E-state index contributed by atoms with van der Waals surface area (Å²) in [4.78, 5) is 0. The molecule has 0 atom stereocenters. The largest absolute Gasteiger partial charge is 0.314 e. The van der Waals surface area contributed by atoms with Crippen LogP contribution in [0.3, 0.4) is 0 Å². The van der Waals surface area contributed by atoms with Gasteiger partial charge < -0.3 is 5.32 Å². The molecule has 106 valence electrons. The first-order chi connectivity index (χ1) is 9.29. The van der Waals surface area contributed by atoms with E-state index in [-0.39, 0.29) is 0 Å². The van der Waals surface area contributed by atoms with Gasteiger partial charge in [0.15, 0.2) is 0 Å². The highest BCUT2D eigenvalue weighted by atomic mass is 35.5. The predicted molar refractivity (Wildman–Crippen MR) is 87.5 cm³/mol. The maximum absolute atomic E-state index is 5.91. The summed E-state index contributed by atoms with van der Waals surface area (Å²) in [6, 6.07) is 9.09. The molecule has 1 N–H and O–H groups in total. The fraction of sp³-hybridized carbons (Fsp3) is 0.625. The lowest BCUT2D eigenvalue weighted by Gasteiger charge is -2.36. The van der Waals surface area contributed by atoms with Gasteiger partial charge in [-0.15, -0.1) is 0 Å². The third-order valence-electron chi connectivity index (χ3n) is 3.94. The van der Waals surface area contributed by atoms with Crippen molar-refractivity contribution in [2.45, 2.75) is 44.1 Å². The van der Waals surface area contributed by atoms with Crippen LogP contribution in [0, 0.1) is 0 Å². The maximum atomic E-state index is 5.91. The predicted octanol–water partition coefficient (Wildman–Crippen LogP) is 4.71. The van der Waals surface area contributed by atoms with Crippen molar-refractivity contribution >= 4 is 23.4 Å². The van der Waals surface area contributed by atoms with E-state index in [2.05, 4.69) is 23.7 Å². The molecule has 2 rings (SSSR count). The molecule has 1 fully saturated rings. The van der Waals surface area contributed by atoms with Gasteiger partial charge in [0.1, 0.15) is 0 Å². The Labute approximate surface area is 126 Å². The van der Waals surface area contributed by atoms with Crippen molar-refractivity contribution in [1.82, 2.24) is 5.32 Å². The number of rotatable bonds is 8. The molecule has 3 heteroatoms. The van der Waals surface area contributed by atoms with Crippen LogP contribution in [0.25, 0.3) is 0 Å². The average molecular weight is 298 g/mol. The van der Waals surface area contributed by atoms with Crippen molar-refractivity contribution in [1.29, 1.82) is 0 Å². The van der Waals surface area contributed by atoms with Crippen molar-refractivity contribution in [3.8, 4) is 0 Å². The van der Waals surface area contributed by atoms with E-state index in [9.17, 15) is 0 Å². The van der Waals surface area contributed by atoms with Crippen LogP contribution in [-0.2, 0) is 0 Å². The summed E-state index contributed by atoms with van der Waals surface area (Å²) in [5, 5.41) is 4.51. The molecule has 1 aliphatic carbocycles. The van der Waals surface area contributed by atoms with Gasteiger partial charge >= 0.3 is 0 Å². The molecule has 0 radical (unpaired) electrons. The van der Waals surface area contributed by atoms with Crippen LogP contribution in [0.15, 0.2) is 24.3 Å². The van der Waals surface area contributed by atoms with Gasteiger partial charge in [0.2, 0.25) is 0 Å². The van der Waals surface area contributed by atoms with Crippen LogP contribution in [0.1, 0.15) is 43.6 Å².